The van der Waals surface area contributed by atoms with Crippen LogP contribution in [0.25, 0.3) is 11.1 Å². The number of hydrogen-bond acceptors (Lipinski definition) is 4. The van der Waals surface area contributed by atoms with E-state index in [1.165, 1.54) is 5.56 Å². The van der Waals surface area contributed by atoms with Crippen LogP contribution in [-0.2, 0) is 35.0 Å². The van der Waals surface area contributed by atoms with Gasteiger partial charge < -0.3 is 11.1 Å². The lowest BCUT2D eigenvalue weighted by Gasteiger charge is -2.21. The maximum absolute atomic E-state index is 13.1. The highest BCUT2D eigenvalue weighted by Gasteiger charge is 2.21. The van der Waals surface area contributed by atoms with Gasteiger partial charge in [-0.15, -0.1) is 12.4 Å². The van der Waals surface area contributed by atoms with Crippen LogP contribution in [0.15, 0.2) is 53.4 Å². The molecule has 0 spiro atoms. The molecule has 34 heavy (non-hydrogen) atoms. The van der Waals surface area contributed by atoms with Crippen molar-refractivity contribution in [2.24, 2.45) is 11.7 Å². The van der Waals surface area contributed by atoms with Crippen molar-refractivity contribution in [3.05, 3.63) is 76.6 Å². The second-order valence-corrected chi connectivity index (χ2v) is 10.2. The molecule has 1 aromatic heterocycles. The van der Waals surface area contributed by atoms with E-state index in [0.29, 0.717) is 23.0 Å². The van der Waals surface area contributed by atoms with Crippen LogP contribution in [-0.4, -0.2) is 21.4 Å². The summed E-state index contributed by atoms with van der Waals surface area (Å²) in [6, 6.07) is 15.5. The number of nitrogens with one attached hydrogen (secondary N) is 1. The molecule has 2 aromatic carbocycles. The van der Waals surface area contributed by atoms with E-state index in [1.54, 1.807) is 30.5 Å². The number of rotatable bonds is 8. The van der Waals surface area contributed by atoms with Crippen molar-refractivity contribution < 1.29 is 9.00 Å². The van der Waals surface area contributed by atoms with Crippen LogP contribution >= 0.6 is 12.4 Å². The summed E-state index contributed by atoms with van der Waals surface area (Å²) >= 11 is 0. The Labute approximate surface area is 211 Å². The third-order valence-electron chi connectivity index (χ3n) is 5.62. The number of benzene rings is 2. The predicted octanol–water partition coefficient (Wildman–Crippen LogP) is 5.36. The molecule has 0 aliphatic heterocycles. The summed E-state index contributed by atoms with van der Waals surface area (Å²) in [5.74, 6) is 0.297. The minimum atomic E-state index is -1.11. The molecule has 0 fully saturated rings. The van der Waals surface area contributed by atoms with Gasteiger partial charge in [-0.05, 0) is 66.6 Å². The van der Waals surface area contributed by atoms with Crippen molar-refractivity contribution in [3.8, 4) is 11.1 Å². The molecule has 0 aliphatic carbocycles. The number of hydrogen-bond donors (Lipinski definition) is 2. The zero-order valence-electron chi connectivity index (χ0n) is 20.5. The number of carbonyl (C=O) groups is 1. The van der Waals surface area contributed by atoms with Crippen LogP contribution in [0, 0.1) is 19.8 Å². The number of anilines is 1. The molecule has 1 atom stereocenters. The Morgan fingerprint density at radius 1 is 1.09 bits per heavy atom. The number of aromatic nitrogens is 1. The molecule has 0 bridgehead atoms. The van der Waals surface area contributed by atoms with E-state index in [9.17, 15) is 9.00 Å². The van der Waals surface area contributed by atoms with Crippen LogP contribution in [0.2, 0.25) is 0 Å². The topological polar surface area (TPSA) is 85.1 Å². The first-order valence-corrected chi connectivity index (χ1v) is 12.8. The highest BCUT2D eigenvalue weighted by atomic mass is 35.5. The first kappa shape index (κ1) is 27.7. The normalized spacial score (nSPS) is 11.7. The summed E-state index contributed by atoms with van der Waals surface area (Å²) in [5, 5.41) is 2.95. The summed E-state index contributed by atoms with van der Waals surface area (Å²) in [7, 11) is -1.11. The highest BCUT2D eigenvalue weighted by molar-refractivity contribution is 7.84. The molecule has 0 radical (unpaired) electrons. The zero-order chi connectivity index (χ0) is 24.1. The molecule has 3 aromatic rings. The van der Waals surface area contributed by atoms with Crippen LogP contribution in [0.3, 0.4) is 0 Å². The lowest BCUT2D eigenvalue weighted by Crippen LogP contribution is -2.19. The van der Waals surface area contributed by atoms with Crippen LogP contribution in [0.4, 0.5) is 5.69 Å². The van der Waals surface area contributed by atoms with E-state index in [1.807, 2.05) is 6.92 Å². The molecule has 1 heterocycles. The maximum atomic E-state index is 13.1. The molecule has 0 aliphatic rings. The zero-order valence-corrected chi connectivity index (χ0v) is 22.1. The summed E-state index contributed by atoms with van der Waals surface area (Å²) < 4.78 is 11.8. The van der Waals surface area contributed by atoms with Gasteiger partial charge in [0.25, 0.3) is 0 Å². The Bertz CT molecular complexity index is 1180. The first-order chi connectivity index (χ1) is 15.7. The van der Waals surface area contributed by atoms with E-state index in [2.05, 4.69) is 50.4 Å². The van der Waals surface area contributed by atoms with Crippen molar-refractivity contribution in [2.75, 3.05) is 11.6 Å². The molecule has 3 N–H and O–H groups in total. The van der Waals surface area contributed by atoms with Crippen molar-refractivity contribution in [3.63, 3.8) is 0 Å². The quantitative estimate of drug-likeness (QED) is 0.436. The Balaban J connectivity index is 0.00000408. The van der Waals surface area contributed by atoms with E-state index in [4.69, 9.17) is 10.7 Å². The first-order valence-electron chi connectivity index (χ1n) is 11.2. The number of nitrogens with two attached hydrogens (primary N) is 1. The molecule has 7 heteroatoms. The largest absolute Gasteiger partial charge is 0.326 e. The number of amides is 1. The Morgan fingerprint density at radius 2 is 1.76 bits per heavy atom. The lowest BCUT2D eigenvalue weighted by molar-refractivity contribution is -0.115. The van der Waals surface area contributed by atoms with Gasteiger partial charge in [0.15, 0.2) is 0 Å². The van der Waals surface area contributed by atoms with E-state index >= 15 is 0 Å². The van der Waals surface area contributed by atoms with Gasteiger partial charge in [0.1, 0.15) is 0 Å². The SMILES string of the molecule is Cc1ccc(-c2c(CC(=O)Nc3cccc(S(C)=O)c3)c(C)nc(CC(C)C)c2CN)cc1.Cl. The number of nitrogens with zero attached hydrogens (tertiary/aromatic N) is 1. The number of carbonyl (C=O) groups excluding carboxylic acids is 1. The Hall–Kier alpha value is -2.54. The second kappa shape index (κ2) is 12.2. The maximum Gasteiger partial charge on any atom is 0.228 e. The smallest absolute Gasteiger partial charge is 0.228 e. The van der Waals surface area contributed by atoms with Gasteiger partial charge in [-0.3, -0.25) is 14.0 Å². The van der Waals surface area contributed by atoms with Crippen LogP contribution < -0.4 is 11.1 Å². The molecule has 3 rings (SSSR count). The average Bonchev–Trinajstić information content (AvgIpc) is 2.75. The number of halogens is 1. The number of aryl methyl sites for hydroxylation is 2. The fourth-order valence-electron chi connectivity index (χ4n) is 4.02. The summed E-state index contributed by atoms with van der Waals surface area (Å²) in [6.45, 7) is 8.72. The van der Waals surface area contributed by atoms with Gasteiger partial charge in [-0.25, -0.2) is 0 Å². The standard InChI is InChI=1S/C27H33N3O2S.ClH/c1-17(2)13-25-24(16-28)27(20-11-9-18(3)10-12-20)23(19(4)29-25)15-26(31)30-21-7-6-8-22(14-21)33(5)32;/h6-12,14,17H,13,15-16,28H2,1-5H3,(H,30,31);1H. The Kier molecular flexibility index (Phi) is 9.98. The Morgan fingerprint density at radius 3 is 2.35 bits per heavy atom. The number of pyridine rings is 1. The van der Waals surface area contributed by atoms with Crippen molar-refractivity contribution in [1.82, 2.24) is 4.98 Å². The van der Waals surface area contributed by atoms with Crippen LogP contribution in [0.1, 0.15) is 41.9 Å². The van der Waals surface area contributed by atoms with Gasteiger partial charge in [-0.2, -0.15) is 0 Å². The fraction of sp³-hybridized carbons (Fsp3) is 0.333. The van der Waals surface area contributed by atoms with E-state index in [0.717, 1.165) is 40.1 Å². The van der Waals surface area contributed by atoms with Gasteiger partial charge in [-0.1, -0.05) is 49.7 Å². The van der Waals surface area contributed by atoms with Gasteiger partial charge in [0.05, 0.1) is 6.42 Å². The molecule has 5 nitrogen and oxygen atoms in total. The lowest BCUT2D eigenvalue weighted by atomic mass is 9.88. The molecule has 1 amide bonds. The third-order valence-corrected chi connectivity index (χ3v) is 6.54. The summed E-state index contributed by atoms with van der Waals surface area (Å²) in [6.07, 6.45) is 2.63. The van der Waals surface area contributed by atoms with Crippen molar-refractivity contribution in [1.29, 1.82) is 0 Å². The second-order valence-electron chi connectivity index (χ2n) is 8.85. The van der Waals surface area contributed by atoms with Gasteiger partial charge >= 0.3 is 0 Å². The molecular formula is C27H34ClN3O2S. The molecule has 182 valence electrons. The average molecular weight is 500 g/mol. The third kappa shape index (κ3) is 6.75. The molecular weight excluding hydrogens is 466 g/mol. The summed E-state index contributed by atoms with van der Waals surface area (Å²) in [4.78, 5) is 18.6. The minimum absolute atomic E-state index is 0. The van der Waals surface area contributed by atoms with Gasteiger partial charge in [0, 0.05) is 45.6 Å². The fourth-order valence-corrected chi connectivity index (χ4v) is 4.59. The van der Waals surface area contributed by atoms with Crippen molar-refractivity contribution >= 4 is 34.8 Å². The van der Waals surface area contributed by atoms with Crippen molar-refractivity contribution in [2.45, 2.75) is 52.0 Å². The van der Waals surface area contributed by atoms with Gasteiger partial charge in [0.2, 0.25) is 5.91 Å². The summed E-state index contributed by atoms with van der Waals surface area (Å²) in [5.41, 5.74) is 13.8. The van der Waals surface area contributed by atoms with Crippen LogP contribution in [0.5, 0.6) is 0 Å². The monoisotopic (exact) mass is 499 g/mol. The molecule has 0 saturated heterocycles. The van der Waals surface area contributed by atoms with E-state index < -0.39 is 10.8 Å². The minimum Gasteiger partial charge on any atom is -0.326 e. The molecule has 1 unspecified atom stereocenters. The molecule has 0 saturated carbocycles. The predicted molar refractivity (Wildman–Crippen MR) is 144 cm³/mol. The van der Waals surface area contributed by atoms with E-state index in [-0.39, 0.29) is 24.7 Å². The highest BCUT2D eigenvalue weighted by Crippen LogP contribution is 2.33.